The minimum absolute atomic E-state index is 0.00696. The number of furan rings is 1. The predicted octanol–water partition coefficient (Wildman–Crippen LogP) is 2.13. The lowest BCUT2D eigenvalue weighted by atomic mass is 10.1. The first kappa shape index (κ1) is 16.6. The number of carbonyl (C=O) groups is 1. The Labute approximate surface area is 149 Å². The van der Waals surface area contributed by atoms with Crippen molar-refractivity contribution < 1.29 is 22.4 Å². The van der Waals surface area contributed by atoms with Crippen LogP contribution < -0.4 is 4.72 Å². The molecule has 26 heavy (non-hydrogen) atoms. The van der Waals surface area contributed by atoms with E-state index in [2.05, 4.69) is 10.2 Å². The van der Waals surface area contributed by atoms with Crippen molar-refractivity contribution in [3.05, 3.63) is 59.0 Å². The summed E-state index contributed by atoms with van der Waals surface area (Å²) in [6.45, 7) is 2.62. The maximum absolute atomic E-state index is 12.5. The molecule has 0 atom stereocenters. The lowest BCUT2D eigenvalue weighted by Gasteiger charge is -2.07. The van der Waals surface area contributed by atoms with Gasteiger partial charge in [-0.25, -0.2) is 13.1 Å². The van der Waals surface area contributed by atoms with E-state index in [4.69, 9.17) is 9.15 Å². The van der Waals surface area contributed by atoms with E-state index in [1.54, 1.807) is 25.1 Å². The summed E-state index contributed by atoms with van der Waals surface area (Å²) in [4.78, 5) is 12.3. The average Bonchev–Trinajstić information content (AvgIpc) is 3.33. The minimum atomic E-state index is -4.01. The Bertz CT molecular complexity index is 1100. The van der Waals surface area contributed by atoms with Crippen molar-refractivity contribution in [3.63, 3.8) is 0 Å². The summed E-state index contributed by atoms with van der Waals surface area (Å²) in [5.41, 5.74) is 2.17. The van der Waals surface area contributed by atoms with Crippen LogP contribution in [0.5, 0.6) is 0 Å². The molecule has 0 unspecified atom stereocenters. The molecular formula is C17H15N3O5S. The molecule has 1 aliphatic rings. The van der Waals surface area contributed by atoms with Gasteiger partial charge in [-0.2, -0.15) is 5.10 Å². The highest BCUT2D eigenvalue weighted by Gasteiger charge is 2.23. The second-order valence-corrected chi connectivity index (χ2v) is 7.62. The summed E-state index contributed by atoms with van der Waals surface area (Å²) in [6, 6.07) is 9.59. The molecule has 1 amide bonds. The zero-order valence-corrected chi connectivity index (χ0v) is 14.6. The Balaban J connectivity index is 1.55. The Kier molecular flexibility index (Phi) is 3.89. The molecule has 1 aromatic carbocycles. The molecular weight excluding hydrogens is 358 g/mol. The highest BCUT2D eigenvalue weighted by atomic mass is 32.2. The number of carbonyl (C=O) groups excluding carboxylic acids is 1. The van der Waals surface area contributed by atoms with E-state index in [-0.39, 0.29) is 10.6 Å². The first-order valence-corrected chi connectivity index (χ1v) is 9.29. The van der Waals surface area contributed by atoms with Gasteiger partial charge < -0.3 is 9.15 Å². The summed E-state index contributed by atoms with van der Waals surface area (Å²) in [7, 11) is -4.01. The molecule has 0 spiro atoms. The maximum Gasteiger partial charge on any atom is 0.285 e. The van der Waals surface area contributed by atoms with Crippen molar-refractivity contribution in [1.29, 1.82) is 0 Å². The van der Waals surface area contributed by atoms with E-state index in [0.717, 1.165) is 11.1 Å². The van der Waals surface area contributed by atoms with Crippen molar-refractivity contribution >= 4 is 15.9 Å². The molecule has 0 saturated carbocycles. The third-order valence-electron chi connectivity index (χ3n) is 4.05. The second kappa shape index (κ2) is 6.11. The van der Waals surface area contributed by atoms with Crippen molar-refractivity contribution in [2.24, 2.45) is 0 Å². The number of hydrogen-bond donors (Lipinski definition) is 2. The highest BCUT2D eigenvalue weighted by Crippen LogP contribution is 2.23. The molecule has 3 heterocycles. The summed E-state index contributed by atoms with van der Waals surface area (Å²) in [5.74, 6) is 0.395. The monoisotopic (exact) mass is 373 g/mol. The van der Waals surface area contributed by atoms with Gasteiger partial charge in [-0.1, -0.05) is 6.07 Å². The van der Waals surface area contributed by atoms with Crippen LogP contribution in [0.25, 0.3) is 11.5 Å². The third-order valence-corrected chi connectivity index (χ3v) is 5.38. The Morgan fingerprint density at radius 2 is 1.96 bits per heavy atom. The fraction of sp³-hybridized carbons (Fsp3) is 0.176. The first-order valence-electron chi connectivity index (χ1n) is 7.81. The molecule has 1 aliphatic heterocycles. The quantitative estimate of drug-likeness (QED) is 0.724. The van der Waals surface area contributed by atoms with Crippen molar-refractivity contribution in [1.82, 2.24) is 14.9 Å². The number of ether oxygens (including phenoxy) is 1. The maximum atomic E-state index is 12.5. The molecule has 8 nitrogen and oxygen atoms in total. The number of H-pyrrole nitrogens is 1. The van der Waals surface area contributed by atoms with Crippen LogP contribution in [0.2, 0.25) is 0 Å². The van der Waals surface area contributed by atoms with Gasteiger partial charge in [0.1, 0.15) is 11.5 Å². The molecule has 0 radical (unpaired) electrons. The zero-order chi connectivity index (χ0) is 18.3. The summed E-state index contributed by atoms with van der Waals surface area (Å²) in [6.07, 6.45) is 0. The molecule has 2 N–H and O–H groups in total. The van der Waals surface area contributed by atoms with Crippen LogP contribution in [-0.4, -0.2) is 24.5 Å². The van der Waals surface area contributed by atoms with Crippen LogP contribution in [0.15, 0.2) is 45.7 Å². The molecule has 2 aromatic heterocycles. The molecule has 0 fully saturated rings. The van der Waals surface area contributed by atoms with Gasteiger partial charge in [-0.15, -0.1) is 0 Å². The van der Waals surface area contributed by atoms with Crippen LogP contribution >= 0.6 is 0 Å². The van der Waals surface area contributed by atoms with E-state index < -0.39 is 15.9 Å². The summed E-state index contributed by atoms with van der Waals surface area (Å²) < 4.78 is 37.7. The van der Waals surface area contributed by atoms with Crippen LogP contribution in [0.3, 0.4) is 0 Å². The number of sulfonamides is 1. The number of aromatic nitrogens is 2. The number of hydrogen-bond acceptors (Lipinski definition) is 6. The zero-order valence-electron chi connectivity index (χ0n) is 13.8. The van der Waals surface area contributed by atoms with Gasteiger partial charge in [0.25, 0.3) is 15.9 Å². The number of fused-ring (bicyclic) bond motifs is 1. The molecule has 3 aromatic rings. The number of amides is 1. The topological polar surface area (TPSA) is 114 Å². The SMILES string of the molecule is Cc1ccc(-c2cc(C(=O)NS(=O)(=O)c3ccc4c(c3)COC4)n[nH]2)o1. The standard InChI is InChI=1S/C17H15N3O5S/c1-10-2-5-16(25-10)14-7-15(19-18-14)17(21)20-26(22,23)13-4-3-11-8-24-9-12(11)6-13/h2-7H,8-9H2,1H3,(H,18,19)(H,20,21). The highest BCUT2D eigenvalue weighted by molar-refractivity contribution is 7.90. The lowest BCUT2D eigenvalue weighted by Crippen LogP contribution is -2.30. The van der Waals surface area contributed by atoms with Crippen molar-refractivity contribution in [2.45, 2.75) is 25.0 Å². The van der Waals surface area contributed by atoms with Crippen LogP contribution in [0.1, 0.15) is 27.4 Å². The van der Waals surface area contributed by atoms with Gasteiger partial charge in [0.15, 0.2) is 11.5 Å². The van der Waals surface area contributed by atoms with E-state index in [9.17, 15) is 13.2 Å². The number of nitrogens with zero attached hydrogens (tertiary/aromatic N) is 1. The smallest absolute Gasteiger partial charge is 0.285 e. The Morgan fingerprint density at radius 1 is 1.15 bits per heavy atom. The van der Waals surface area contributed by atoms with Crippen molar-refractivity contribution in [3.8, 4) is 11.5 Å². The number of aryl methyl sites for hydroxylation is 1. The van der Waals surface area contributed by atoms with Gasteiger partial charge >= 0.3 is 0 Å². The van der Waals surface area contributed by atoms with Gasteiger partial charge in [0, 0.05) is 6.07 Å². The minimum Gasteiger partial charge on any atom is -0.460 e. The molecule has 0 saturated heterocycles. The fourth-order valence-corrected chi connectivity index (χ4v) is 3.70. The third kappa shape index (κ3) is 3.02. The number of nitrogens with one attached hydrogen (secondary N) is 2. The summed E-state index contributed by atoms with van der Waals surface area (Å²) >= 11 is 0. The second-order valence-electron chi connectivity index (χ2n) is 5.94. The predicted molar refractivity (Wildman–Crippen MR) is 90.6 cm³/mol. The first-order chi connectivity index (χ1) is 12.4. The molecule has 134 valence electrons. The Morgan fingerprint density at radius 3 is 2.73 bits per heavy atom. The normalized spacial score (nSPS) is 13.6. The molecule has 9 heteroatoms. The van der Waals surface area contributed by atoms with Gasteiger partial charge in [0.2, 0.25) is 0 Å². The van der Waals surface area contributed by atoms with Crippen molar-refractivity contribution in [2.75, 3.05) is 0 Å². The molecule has 0 bridgehead atoms. The van der Waals surface area contributed by atoms with Crippen LogP contribution in [-0.2, 0) is 28.0 Å². The van der Waals surface area contributed by atoms with E-state index in [1.807, 2.05) is 4.72 Å². The molecule has 0 aliphatic carbocycles. The van der Waals surface area contributed by atoms with E-state index in [1.165, 1.54) is 18.2 Å². The van der Waals surface area contributed by atoms with Crippen LogP contribution in [0.4, 0.5) is 0 Å². The van der Waals surface area contributed by atoms with Crippen LogP contribution in [0, 0.1) is 6.92 Å². The van der Waals surface area contributed by atoms with Gasteiger partial charge in [0.05, 0.1) is 18.1 Å². The van der Waals surface area contributed by atoms with E-state index >= 15 is 0 Å². The number of rotatable bonds is 4. The largest absolute Gasteiger partial charge is 0.460 e. The lowest BCUT2D eigenvalue weighted by molar-refractivity contribution is 0.0976. The Hall–Kier alpha value is -2.91. The van der Waals surface area contributed by atoms with E-state index in [0.29, 0.717) is 30.4 Å². The number of benzene rings is 1. The fourth-order valence-electron chi connectivity index (χ4n) is 2.69. The summed E-state index contributed by atoms with van der Waals surface area (Å²) in [5, 5.41) is 6.52. The average molecular weight is 373 g/mol. The van der Waals surface area contributed by atoms with Gasteiger partial charge in [-0.05, 0) is 42.3 Å². The van der Waals surface area contributed by atoms with Gasteiger partial charge in [-0.3, -0.25) is 9.89 Å². The molecule has 4 rings (SSSR count). The number of aromatic amines is 1.